The Morgan fingerprint density at radius 1 is 1.16 bits per heavy atom. The van der Waals surface area contributed by atoms with Gasteiger partial charge in [-0.3, -0.25) is 4.98 Å². The van der Waals surface area contributed by atoms with Crippen LogP contribution in [0.15, 0.2) is 18.3 Å². The van der Waals surface area contributed by atoms with Crippen molar-refractivity contribution in [1.82, 2.24) is 4.98 Å². The van der Waals surface area contributed by atoms with E-state index in [4.69, 9.17) is 9.31 Å². The fourth-order valence-corrected chi connectivity index (χ4v) is 3.26. The first-order valence-electron chi connectivity index (χ1n) is 8.65. The maximum absolute atomic E-state index is 14.7. The molecule has 1 aliphatic heterocycles. The number of rotatable bonds is 3. The zero-order chi connectivity index (χ0) is 18.6. The number of fused-ring (bicyclic) bond motifs is 1. The minimum absolute atomic E-state index is 0.126. The zero-order valence-electron chi connectivity index (χ0n) is 15.7. The van der Waals surface area contributed by atoms with Crippen LogP contribution in [-0.2, 0) is 15.9 Å². The van der Waals surface area contributed by atoms with Crippen LogP contribution < -0.4 is 5.46 Å². The number of aromatic nitrogens is 1. The smallest absolute Gasteiger partial charge is 0.399 e. The molecule has 2 aromatic rings. The molecule has 0 amide bonds. The van der Waals surface area contributed by atoms with Crippen molar-refractivity contribution in [1.29, 1.82) is 0 Å². The van der Waals surface area contributed by atoms with E-state index in [9.17, 15) is 9.50 Å². The first-order valence-corrected chi connectivity index (χ1v) is 8.65. The molecular weight excluding hydrogens is 320 g/mol. The third kappa shape index (κ3) is 2.96. The fraction of sp³-hybridized carbons (Fsp3) is 0.526. The molecule has 1 aliphatic rings. The highest BCUT2D eigenvalue weighted by Gasteiger charge is 2.51. The van der Waals surface area contributed by atoms with Crippen LogP contribution in [0.5, 0.6) is 0 Å². The molecule has 2 heterocycles. The number of aliphatic hydroxyl groups is 1. The Hall–Kier alpha value is -1.50. The van der Waals surface area contributed by atoms with Crippen LogP contribution in [0.4, 0.5) is 4.39 Å². The fourth-order valence-electron chi connectivity index (χ4n) is 3.26. The molecule has 134 valence electrons. The lowest BCUT2D eigenvalue weighted by Crippen LogP contribution is -2.41. The van der Waals surface area contributed by atoms with Crippen LogP contribution >= 0.6 is 0 Å². The Kier molecular flexibility index (Phi) is 4.42. The van der Waals surface area contributed by atoms with Crippen molar-refractivity contribution in [3.63, 3.8) is 0 Å². The third-order valence-corrected chi connectivity index (χ3v) is 5.34. The lowest BCUT2D eigenvalue weighted by Gasteiger charge is -2.32. The quantitative estimate of drug-likeness (QED) is 0.868. The second-order valence-electron chi connectivity index (χ2n) is 8.00. The van der Waals surface area contributed by atoms with E-state index < -0.39 is 24.1 Å². The maximum atomic E-state index is 14.7. The van der Waals surface area contributed by atoms with Gasteiger partial charge in [-0.25, -0.2) is 4.39 Å². The number of nitrogens with zero attached hydrogens (tertiary/aromatic N) is 1. The Bertz CT molecular complexity index is 804. The van der Waals surface area contributed by atoms with Gasteiger partial charge in [0.15, 0.2) is 0 Å². The van der Waals surface area contributed by atoms with Gasteiger partial charge in [-0.2, -0.15) is 0 Å². The average molecular weight is 345 g/mol. The van der Waals surface area contributed by atoms with E-state index in [1.165, 1.54) is 6.07 Å². The minimum atomic E-state index is -0.637. The predicted octanol–water partition coefficient (Wildman–Crippen LogP) is 3.29. The number of benzene rings is 1. The van der Waals surface area contributed by atoms with Crippen LogP contribution in [0.2, 0.25) is 0 Å². The van der Waals surface area contributed by atoms with E-state index in [1.807, 2.05) is 47.6 Å². The summed E-state index contributed by atoms with van der Waals surface area (Å²) >= 11 is 0. The summed E-state index contributed by atoms with van der Waals surface area (Å²) in [7, 11) is -0.637. The molecule has 0 unspecified atom stereocenters. The van der Waals surface area contributed by atoms with Gasteiger partial charge in [0.1, 0.15) is 11.3 Å². The molecule has 3 rings (SSSR count). The lowest BCUT2D eigenvalue weighted by atomic mass is 9.77. The molecular formula is C19H25BFNO3. The number of hydrogen-bond acceptors (Lipinski definition) is 4. The molecule has 0 saturated carbocycles. The average Bonchev–Trinajstić information content (AvgIpc) is 2.73. The number of pyridine rings is 1. The molecule has 4 nitrogen and oxygen atoms in total. The summed E-state index contributed by atoms with van der Waals surface area (Å²) in [5.74, 6) is -0.283. The summed E-state index contributed by atoms with van der Waals surface area (Å²) in [5, 5.41) is 10.3. The SMILES string of the molecule is CC(C)c1c(CO)cnc2c(F)cc(B3OC(C)(C)C(C)(C)O3)cc12. The van der Waals surface area contributed by atoms with E-state index >= 15 is 0 Å². The van der Waals surface area contributed by atoms with Gasteiger partial charge >= 0.3 is 7.12 Å². The van der Waals surface area contributed by atoms with Gasteiger partial charge in [0.25, 0.3) is 0 Å². The van der Waals surface area contributed by atoms with E-state index in [1.54, 1.807) is 6.20 Å². The number of hydrogen-bond donors (Lipinski definition) is 1. The largest absolute Gasteiger partial charge is 0.494 e. The molecule has 1 aromatic heterocycles. The molecule has 0 atom stereocenters. The van der Waals surface area contributed by atoms with E-state index in [0.717, 1.165) is 5.56 Å². The van der Waals surface area contributed by atoms with Crippen LogP contribution in [-0.4, -0.2) is 28.4 Å². The summed E-state index contributed by atoms with van der Waals surface area (Å²) in [6, 6.07) is 3.31. The summed E-state index contributed by atoms with van der Waals surface area (Å²) < 4.78 is 26.8. The van der Waals surface area contributed by atoms with Gasteiger partial charge in [0, 0.05) is 11.6 Å². The molecule has 6 heteroatoms. The summed E-state index contributed by atoms with van der Waals surface area (Å²) in [5.41, 5.74) is 1.58. The molecule has 25 heavy (non-hydrogen) atoms. The monoisotopic (exact) mass is 345 g/mol. The second kappa shape index (κ2) is 6.04. The van der Waals surface area contributed by atoms with Crippen molar-refractivity contribution in [2.45, 2.75) is 65.3 Å². The Balaban J connectivity index is 2.18. The number of aliphatic hydroxyl groups excluding tert-OH is 1. The van der Waals surface area contributed by atoms with Crippen molar-refractivity contribution >= 4 is 23.5 Å². The van der Waals surface area contributed by atoms with Crippen LogP contribution in [0, 0.1) is 5.82 Å². The van der Waals surface area contributed by atoms with Crippen LogP contribution in [0.1, 0.15) is 58.6 Å². The van der Waals surface area contributed by atoms with E-state index in [2.05, 4.69) is 4.98 Å². The summed E-state index contributed by atoms with van der Waals surface area (Å²) in [6.45, 7) is 11.8. The van der Waals surface area contributed by atoms with Crippen molar-refractivity contribution in [2.75, 3.05) is 0 Å². The molecule has 1 aromatic carbocycles. The minimum Gasteiger partial charge on any atom is -0.399 e. The second-order valence-corrected chi connectivity index (χ2v) is 8.00. The summed E-state index contributed by atoms with van der Waals surface area (Å²) in [4.78, 5) is 4.20. The van der Waals surface area contributed by atoms with Gasteiger partial charge < -0.3 is 14.4 Å². The first-order chi connectivity index (χ1) is 11.6. The molecule has 0 aliphatic carbocycles. The Morgan fingerprint density at radius 3 is 2.28 bits per heavy atom. The number of halogens is 1. The van der Waals surface area contributed by atoms with Gasteiger partial charge in [-0.05, 0) is 56.3 Å². The highest BCUT2D eigenvalue weighted by atomic mass is 19.1. The zero-order valence-corrected chi connectivity index (χ0v) is 15.7. The Morgan fingerprint density at radius 2 is 1.76 bits per heavy atom. The van der Waals surface area contributed by atoms with Crippen molar-refractivity contribution in [3.05, 3.63) is 35.3 Å². The van der Waals surface area contributed by atoms with Gasteiger partial charge in [-0.1, -0.05) is 19.9 Å². The first kappa shape index (κ1) is 18.3. The predicted molar refractivity (Wildman–Crippen MR) is 97.4 cm³/mol. The van der Waals surface area contributed by atoms with Crippen LogP contribution in [0.25, 0.3) is 10.9 Å². The highest BCUT2D eigenvalue weighted by Crippen LogP contribution is 2.37. The van der Waals surface area contributed by atoms with E-state index in [0.29, 0.717) is 21.9 Å². The molecule has 0 bridgehead atoms. The van der Waals surface area contributed by atoms with Crippen molar-refractivity contribution in [3.8, 4) is 0 Å². The molecule has 0 spiro atoms. The normalized spacial score (nSPS) is 19.2. The van der Waals surface area contributed by atoms with Crippen molar-refractivity contribution in [2.24, 2.45) is 0 Å². The standard InChI is InChI=1S/C19H25BFNO3/c1-11(2)16-12(10-23)9-22-17-14(16)7-13(8-15(17)21)20-24-18(3,4)19(5,6)25-20/h7-9,11,23H,10H2,1-6H3. The lowest BCUT2D eigenvalue weighted by molar-refractivity contribution is 0.00578. The topological polar surface area (TPSA) is 51.6 Å². The van der Waals surface area contributed by atoms with Crippen LogP contribution in [0.3, 0.4) is 0 Å². The maximum Gasteiger partial charge on any atom is 0.494 e. The molecule has 1 fully saturated rings. The summed E-state index contributed by atoms with van der Waals surface area (Å²) in [6.07, 6.45) is 1.55. The van der Waals surface area contributed by atoms with Gasteiger partial charge in [-0.15, -0.1) is 0 Å². The molecule has 1 saturated heterocycles. The van der Waals surface area contributed by atoms with Gasteiger partial charge in [0.05, 0.1) is 17.8 Å². The third-order valence-electron chi connectivity index (χ3n) is 5.34. The van der Waals surface area contributed by atoms with Gasteiger partial charge in [0.2, 0.25) is 0 Å². The highest BCUT2D eigenvalue weighted by molar-refractivity contribution is 6.62. The van der Waals surface area contributed by atoms with E-state index in [-0.39, 0.29) is 12.5 Å². The molecule has 0 radical (unpaired) electrons. The Labute approximate surface area is 148 Å². The van der Waals surface area contributed by atoms with Crippen molar-refractivity contribution < 1.29 is 18.8 Å². The molecule has 1 N–H and O–H groups in total.